The molecule has 1 aromatic carbocycles. The van der Waals surface area contributed by atoms with Gasteiger partial charge in [-0.25, -0.2) is 0 Å². The van der Waals surface area contributed by atoms with E-state index < -0.39 is 0 Å². The highest BCUT2D eigenvalue weighted by molar-refractivity contribution is 5.36. The van der Waals surface area contributed by atoms with E-state index in [1.165, 1.54) is 11.1 Å². The molecule has 0 heterocycles. The smallest absolute Gasteiger partial charge is 0.120 e. The van der Waals surface area contributed by atoms with Crippen LogP contribution < -0.4 is 10.1 Å². The fourth-order valence-corrected chi connectivity index (χ4v) is 3.21. The van der Waals surface area contributed by atoms with E-state index in [1.54, 1.807) is 0 Å². The lowest BCUT2D eigenvalue weighted by molar-refractivity contribution is -0.0541. The van der Waals surface area contributed by atoms with Gasteiger partial charge < -0.3 is 10.1 Å². The zero-order valence-corrected chi connectivity index (χ0v) is 13.8. The third kappa shape index (κ3) is 2.85. The number of hydrogen-bond acceptors (Lipinski definition) is 2. The zero-order valence-electron chi connectivity index (χ0n) is 13.8. The van der Waals surface area contributed by atoms with E-state index in [0.717, 1.165) is 18.7 Å². The Morgan fingerprint density at radius 2 is 2.05 bits per heavy atom. The van der Waals surface area contributed by atoms with E-state index in [9.17, 15) is 0 Å². The van der Waals surface area contributed by atoms with Crippen LogP contribution in [0, 0.1) is 12.3 Å². The Hall–Kier alpha value is -1.02. The van der Waals surface area contributed by atoms with Crippen molar-refractivity contribution >= 4 is 0 Å². The lowest BCUT2D eigenvalue weighted by atomic mass is 9.64. The van der Waals surface area contributed by atoms with Crippen molar-refractivity contribution < 1.29 is 4.74 Å². The summed E-state index contributed by atoms with van der Waals surface area (Å²) in [5.74, 6) is 1.59. The van der Waals surface area contributed by atoms with Crippen LogP contribution in [-0.2, 0) is 0 Å². The predicted octanol–water partition coefficient (Wildman–Crippen LogP) is 4.27. The molecule has 0 spiro atoms. The molecule has 2 unspecified atom stereocenters. The monoisotopic (exact) mass is 275 g/mol. The molecule has 0 bridgehead atoms. The van der Waals surface area contributed by atoms with E-state index in [2.05, 4.69) is 65.1 Å². The summed E-state index contributed by atoms with van der Waals surface area (Å²) in [6, 6.07) is 7.10. The zero-order chi connectivity index (χ0) is 14.9. The summed E-state index contributed by atoms with van der Waals surface area (Å²) in [4.78, 5) is 0. The average Bonchev–Trinajstić information content (AvgIpc) is 2.37. The standard InChI is InChI=1S/C18H29NO/c1-7-19-16-11-17(18(16,5)6)20-14-8-9-15(12(2)3)13(4)10-14/h8-10,12,16-17,19H,7,11H2,1-6H3. The van der Waals surface area contributed by atoms with Crippen molar-refractivity contribution in [1.82, 2.24) is 5.32 Å². The van der Waals surface area contributed by atoms with Crippen molar-refractivity contribution in [3.8, 4) is 5.75 Å². The van der Waals surface area contributed by atoms with E-state index in [0.29, 0.717) is 18.1 Å². The maximum Gasteiger partial charge on any atom is 0.120 e. The van der Waals surface area contributed by atoms with E-state index >= 15 is 0 Å². The SMILES string of the molecule is CCNC1CC(Oc2ccc(C(C)C)c(C)c2)C1(C)C. The van der Waals surface area contributed by atoms with Gasteiger partial charge in [-0.3, -0.25) is 0 Å². The van der Waals surface area contributed by atoms with Crippen molar-refractivity contribution in [2.75, 3.05) is 6.54 Å². The molecule has 2 atom stereocenters. The maximum absolute atomic E-state index is 6.22. The largest absolute Gasteiger partial charge is 0.490 e. The predicted molar refractivity (Wildman–Crippen MR) is 85.5 cm³/mol. The van der Waals surface area contributed by atoms with Gasteiger partial charge >= 0.3 is 0 Å². The second-order valence-electron chi connectivity index (χ2n) is 6.95. The summed E-state index contributed by atoms with van der Waals surface area (Å²) in [5.41, 5.74) is 2.95. The normalized spacial score (nSPS) is 24.6. The highest BCUT2D eigenvalue weighted by Crippen LogP contribution is 2.43. The molecule has 20 heavy (non-hydrogen) atoms. The Labute approximate surface area is 123 Å². The van der Waals surface area contributed by atoms with Crippen molar-refractivity contribution in [3.05, 3.63) is 29.3 Å². The second-order valence-corrected chi connectivity index (χ2v) is 6.95. The molecular weight excluding hydrogens is 246 g/mol. The molecule has 1 N–H and O–H groups in total. The van der Waals surface area contributed by atoms with Crippen LogP contribution in [0.25, 0.3) is 0 Å². The van der Waals surface area contributed by atoms with Crippen LogP contribution in [0.2, 0.25) is 0 Å². The fraction of sp³-hybridized carbons (Fsp3) is 0.667. The van der Waals surface area contributed by atoms with Crippen LogP contribution in [0.15, 0.2) is 18.2 Å². The number of nitrogens with one attached hydrogen (secondary N) is 1. The quantitative estimate of drug-likeness (QED) is 0.866. The number of benzene rings is 1. The first-order valence-electron chi connectivity index (χ1n) is 7.86. The van der Waals surface area contributed by atoms with Gasteiger partial charge in [0.15, 0.2) is 0 Å². The van der Waals surface area contributed by atoms with Crippen LogP contribution in [0.5, 0.6) is 5.75 Å². The molecule has 2 rings (SSSR count). The van der Waals surface area contributed by atoms with Gasteiger partial charge in [0.25, 0.3) is 0 Å². The topological polar surface area (TPSA) is 21.3 Å². The number of rotatable bonds is 5. The number of ether oxygens (including phenoxy) is 1. The lowest BCUT2D eigenvalue weighted by Gasteiger charge is -2.51. The maximum atomic E-state index is 6.22. The highest BCUT2D eigenvalue weighted by atomic mass is 16.5. The van der Waals surface area contributed by atoms with Gasteiger partial charge in [-0.2, -0.15) is 0 Å². The third-order valence-electron chi connectivity index (χ3n) is 4.77. The molecule has 2 nitrogen and oxygen atoms in total. The van der Waals surface area contributed by atoms with Crippen molar-refractivity contribution in [1.29, 1.82) is 0 Å². The minimum atomic E-state index is 0.209. The molecule has 0 amide bonds. The van der Waals surface area contributed by atoms with Crippen molar-refractivity contribution in [3.63, 3.8) is 0 Å². The van der Waals surface area contributed by atoms with Gasteiger partial charge in [0.1, 0.15) is 11.9 Å². The molecule has 1 fully saturated rings. The molecule has 1 aliphatic rings. The Morgan fingerprint density at radius 1 is 1.35 bits per heavy atom. The van der Waals surface area contributed by atoms with Gasteiger partial charge in [0.05, 0.1) is 0 Å². The molecule has 0 aromatic heterocycles. The average molecular weight is 275 g/mol. The lowest BCUT2D eigenvalue weighted by Crippen LogP contribution is -2.62. The minimum Gasteiger partial charge on any atom is -0.490 e. The van der Waals surface area contributed by atoms with Gasteiger partial charge in [0, 0.05) is 17.9 Å². The molecule has 112 valence electrons. The molecule has 1 aromatic rings. The molecule has 0 saturated heterocycles. The molecule has 1 aliphatic carbocycles. The fourth-order valence-electron chi connectivity index (χ4n) is 3.21. The highest BCUT2D eigenvalue weighted by Gasteiger charge is 2.49. The van der Waals surface area contributed by atoms with Crippen molar-refractivity contribution in [2.45, 2.75) is 66.0 Å². The molecular formula is C18H29NO. The Balaban J connectivity index is 2.03. The van der Waals surface area contributed by atoms with E-state index in [4.69, 9.17) is 4.74 Å². The van der Waals surface area contributed by atoms with Gasteiger partial charge in [-0.05, 0) is 42.6 Å². The van der Waals surface area contributed by atoms with E-state index in [-0.39, 0.29) is 5.41 Å². The molecule has 0 aliphatic heterocycles. The first kappa shape index (κ1) is 15.4. The third-order valence-corrected chi connectivity index (χ3v) is 4.77. The summed E-state index contributed by atoms with van der Waals surface area (Å²) in [6.45, 7) is 14.4. The van der Waals surface area contributed by atoms with Crippen LogP contribution >= 0.6 is 0 Å². The van der Waals surface area contributed by atoms with Crippen LogP contribution in [0.4, 0.5) is 0 Å². The summed E-state index contributed by atoms with van der Waals surface area (Å²) in [7, 11) is 0. The van der Waals surface area contributed by atoms with Crippen LogP contribution in [0.3, 0.4) is 0 Å². The Kier molecular flexibility index (Phi) is 4.43. The summed E-state index contributed by atoms with van der Waals surface area (Å²) >= 11 is 0. The summed E-state index contributed by atoms with van der Waals surface area (Å²) < 4.78 is 6.22. The van der Waals surface area contributed by atoms with Gasteiger partial charge in [-0.1, -0.05) is 40.7 Å². The molecule has 1 saturated carbocycles. The van der Waals surface area contributed by atoms with Gasteiger partial charge in [0.2, 0.25) is 0 Å². The Morgan fingerprint density at radius 3 is 2.55 bits per heavy atom. The summed E-state index contributed by atoms with van der Waals surface area (Å²) in [5, 5.41) is 3.54. The number of hydrogen-bond donors (Lipinski definition) is 1. The molecule has 2 heteroatoms. The number of aryl methyl sites for hydroxylation is 1. The first-order chi connectivity index (χ1) is 9.36. The van der Waals surface area contributed by atoms with E-state index in [1.807, 2.05) is 0 Å². The van der Waals surface area contributed by atoms with Crippen LogP contribution in [-0.4, -0.2) is 18.7 Å². The minimum absolute atomic E-state index is 0.209. The van der Waals surface area contributed by atoms with Crippen molar-refractivity contribution in [2.24, 2.45) is 5.41 Å². The molecule has 0 radical (unpaired) electrons. The van der Waals surface area contributed by atoms with Crippen LogP contribution in [0.1, 0.15) is 58.1 Å². The van der Waals surface area contributed by atoms with Gasteiger partial charge in [-0.15, -0.1) is 0 Å². The Bertz CT molecular complexity index is 464. The second kappa shape index (κ2) is 5.77. The first-order valence-corrected chi connectivity index (χ1v) is 7.86. The summed E-state index contributed by atoms with van der Waals surface area (Å²) in [6.07, 6.45) is 1.42.